The summed E-state index contributed by atoms with van der Waals surface area (Å²) in [6, 6.07) is 0. The van der Waals surface area contributed by atoms with Crippen molar-refractivity contribution in [3.05, 3.63) is 0 Å². The number of hydrogen-bond donors (Lipinski definition) is 2. The molecule has 13 heavy (non-hydrogen) atoms. The molecule has 0 bridgehead atoms. The molecule has 0 amide bonds. The zero-order chi connectivity index (χ0) is 9.00. The summed E-state index contributed by atoms with van der Waals surface area (Å²) < 4.78 is 37.6. The maximum atomic E-state index is 10.2. The van der Waals surface area contributed by atoms with Crippen LogP contribution >= 0.6 is 15.8 Å². The smallest absolute Gasteiger partial charge is 0.753 e. The van der Waals surface area contributed by atoms with Gasteiger partial charge in [0.15, 0.2) is 0 Å². The molecule has 0 aliphatic rings. The van der Waals surface area contributed by atoms with E-state index >= 15 is 0 Å². The van der Waals surface area contributed by atoms with E-state index in [1.54, 1.807) is 0 Å². The number of rotatable bonds is 0. The van der Waals surface area contributed by atoms with E-state index in [1.165, 1.54) is 0 Å². The van der Waals surface area contributed by atoms with E-state index in [4.69, 9.17) is 28.7 Å². The topological polar surface area (TPSA) is 121 Å². The molecule has 0 aliphatic heterocycles. The first-order valence-electron chi connectivity index (χ1n) is 1.47. The van der Waals surface area contributed by atoms with Crippen molar-refractivity contribution in [3.63, 3.8) is 0 Å². The molecule has 2 unspecified atom stereocenters. The van der Waals surface area contributed by atoms with Crippen molar-refractivity contribution < 1.29 is 140 Å². The van der Waals surface area contributed by atoms with Crippen LogP contribution < -0.4 is 113 Å². The quantitative estimate of drug-likeness (QED) is 0.338. The zero-order valence-electron chi connectivity index (χ0n) is 7.18. The molecule has 0 aromatic rings. The minimum Gasteiger partial charge on any atom is -0.753 e. The molecule has 13 heteroatoms. The fourth-order valence-electron chi connectivity index (χ4n) is 0. The van der Waals surface area contributed by atoms with Gasteiger partial charge in [-0.15, -0.1) is 0 Å². The van der Waals surface area contributed by atoms with E-state index in [0.717, 1.165) is 0 Å². The number of halogens is 2. The summed E-state index contributed by atoms with van der Waals surface area (Å²) in [6.07, 6.45) is 0. The molecule has 65 valence electrons. The summed E-state index contributed by atoms with van der Waals surface area (Å²) in [7, 11) is -10.8. The first-order chi connectivity index (χ1) is 4.00. The Morgan fingerprint density at radius 3 is 0.923 bits per heavy atom. The minimum atomic E-state index is -5.39. The van der Waals surface area contributed by atoms with E-state index in [-0.39, 0.29) is 154 Å². The average Bonchev–Trinajstić information content (AvgIpc) is 1.12. The van der Waals surface area contributed by atoms with Crippen LogP contribution in [0.3, 0.4) is 0 Å². The Hall–Kier alpha value is 5.07. The zero-order valence-corrected chi connectivity index (χ0v) is 18.3. The van der Waals surface area contributed by atoms with E-state index < -0.39 is 15.8 Å². The van der Waals surface area contributed by atoms with Gasteiger partial charge in [0.05, 0.1) is 0 Å². The summed E-state index contributed by atoms with van der Waals surface area (Å²) in [5.41, 5.74) is 0. The third kappa shape index (κ3) is 151. The second kappa shape index (κ2) is 15.1. The van der Waals surface area contributed by atoms with Gasteiger partial charge >= 0.3 is 119 Å². The summed E-state index contributed by atoms with van der Waals surface area (Å²) in [5, 5.41) is 0. The van der Waals surface area contributed by atoms with Crippen LogP contribution in [0.4, 0.5) is 8.39 Å². The normalized spacial score (nSPS) is 16.5. The van der Waals surface area contributed by atoms with Crippen molar-refractivity contribution in [1.29, 1.82) is 0 Å². The summed E-state index contributed by atoms with van der Waals surface area (Å²) in [6.45, 7) is 0. The molecular weight excluding hydrogens is 313 g/mol. The summed E-state index contributed by atoms with van der Waals surface area (Å²) in [5.74, 6) is 0. The van der Waals surface area contributed by atoms with Crippen LogP contribution in [-0.4, -0.2) is 61.2 Å². The molecule has 2 atom stereocenters. The molecule has 1 radical (unpaired) electrons. The third-order valence-corrected chi connectivity index (χ3v) is 0. The SMILES string of the molecule is O=P([O-])(O)F.O=P([O-])(O)F.[K+].[K+].[K]. The first-order valence-corrected chi connectivity index (χ1v) is 4.41. The number of hydrogen-bond acceptors (Lipinski definition) is 4. The van der Waals surface area contributed by atoms with Crippen molar-refractivity contribution in [2.75, 3.05) is 0 Å². The van der Waals surface area contributed by atoms with Gasteiger partial charge in [-0.25, -0.2) is 0 Å². The summed E-state index contributed by atoms with van der Waals surface area (Å²) in [4.78, 5) is 30.8. The van der Waals surface area contributed by atoms with E-state index in [2.05, 4.69) is 0 Å². The molecule has 0 fully saturated rings. The van der Waals surface area contributed by atoms with Crippen LogP contribution in [0.25, 0.3) is 0 Å². The first kappa shape index (κ1) is 30.8. The van der Waals surface area contributed by atoms with Crippen molar-refractivity contribution in [2.45, 2.75) is 0 Å². The predicted molar refractivity (Wildman–Crippen MR) is 27.6 cm³/mol. The van der Waals surface area contributed by atoms with Crippen LogP contribution in [-0.2, 0) is 9.13 Å². The average molecular weight is 315 g/mol. The molecule has 0 saturated heterocycles. The molecule has 0 heterocycles. The monoisotopic (exact) mass is 315 g/mol. The molecule has 0 saturated carbocycles. The Kier molecular flexibility index (Phi) is 35.9. The molecule has 0 aromatic heterocycles. The van der Waals surface area contributed by atoms with Gasteiger partial charge in [0.2, 0.25) is 0 Å². The van der Waals surface area contributed by atoms with Gasteiger partial charge in [-0.3, -0.25) is 9.13 Å². The van der Waals surface area contributed by atoms with Crippen LogP contribution in [0, 0.1) is 0 Å². The van der Waals surface area contributed by atoms with E-state index in [1.807, 2.05) is 0 Å². The molecule has 6 nitrogen and oxygen atoms in total. The fourth-order valence-corrected chi connectivity index (χ4v) is 0. The second-order valence-corrected chi connectivity index (χ2v) is 2.71. The van der Waals surface area contributed by atoms with Crippen LogP contribution in [0.1, 0.15) is 0 Å². The Morgan fingerprint density at radius 2 is 0.923 bits per heavy atom. The Morgan fingerprint density at radius 1 is 0.923 bits per heavy atom. The van der Waals surface area contributed by atoms with Gasteiger partial charge < -0.3 is 19.6 Å². The van der Waals surface area contributed by atoms with Gasteiger partial charge in [-0.2, -0.15) is 8.39 Å². The van der Waals surface area contributed by atoms with Crippen LogP contribution in [0.15, 0.2) is 0 Å². The van der Waals surface area contributed by atoms with Crippen LogP contribution in [0.2, 0.25) is 0 Å². The van der Waals surface area contributed by atoms with Crippen molar-refractivity contribution >= 4 is 67.2 Å². The van der Waals surface area contributed by atoms with E-state index in [0.29, 0.717) is 0 Å². The van der Waals surface area contributed by atoms with Crippen molar-refractivity contribution in [3.8, 4) is 0 Å². The van der Waals surface area contributed by atoms with Crippen LogP contribution in [0.5, 0.6) is 0 Å². The third-order valence-electron chi connectivity index (χ3n) is 0. The maximum Gasteiger partial charge on any atom is 1.00 e. The van der Waals surface area contributed by atoms with Crippen molar-refractivity contribution in [1.82, 2.24) is 0 Å². The van der Waals surface area contributed by atoms with Gasteiger partial charge in [0, 0.05) is 51.4 Å². The van der Waals surface area contributed by atoms with E-state index in [9.17, 15) is 8.39 Å². The Labute approximate surface area is 201 Å². The molecule has 0 rings (SSSR count). The van der Waals surface area contributed by atoms with Gasteiger partial charge in [-0.05, 0) is 0 Å². The van der Waals surface area contributed by atoms with Crippen molar-refractivity contribution in [2.24, 2.45) is 0 Å². The summed E-state index contributed by atoms with van der Waals surface area (Å²) >= 11 is 0. The fraction of sp³-hybridized carbons (Fsp3) is 0. The largest absolute Gasteiger partial charge is 1.00 e. The maximum absolute atomic E-state index is 10.2. The molecule has 0 spiro atoms. The molecule has 0 aromatic carbocycles. The van der Waals surface area contributed by atoms with Gasteiger partial charge in [0.25, 0.3) is 0 Å². The Bertz CT molecular complexity index is 136. The molecule has 2 N–H and O–H groups in total. The second-order valence-electron chi connectivity index (χ2n) is 0.903. The minimum absolute atomic E-state index is 0. The standard InChI is InChI=1S/2FH2O3P.3K/c2*1-5(2,3)4;;;/h2*(H2,2,3,4);;;/q;;;2*+1/p-2. The molecule has 0 aliphatic carbocycles. The predicted octanol–water partition coefficient (Wildman–Crippen LogP) is -7.54. The molecular formula is H2F2K3O6P2. The van der Waals surface area contributed by atoms with Gasteiger partial charge in [-0.1, -0.05) is 0 Å². The Balaban J connectivity index is -0.0000000267. The van der Waals surface area contributed by atoms with Gasteiger partial charge in [0.1, 0.15) is 0 Å².